The quantitative estimate of drug-likeness (QED) is 0.815. The molecule has 2 N–H and O–H groups in total. The van der Waals surface area contributed by atoms with E-state index in [2.05, 4.69) is 5.32 Å². The molecular formula is C14H22N2O3. The van der Waals surface area contributed by atoms with Crippen LogP contribution >= 0.6 is 0 Å². The van der Waals surface area contributed by atoms with Crippen molar-refractivity contribution in [3.8, 4) is 5.75 Å². The van der Waals surface area contributed by atoms with E-state index >= 15 is 0 Å². The van der Waals surface area contributed by atoms with E-state index in [1.165, 1.54) is 0 Å². The van der Waals surface area contributed by atoms with Gasteiger partial charge in [-0.05, 0) is 38.1 Å². The van der Waals surface area contributed by atoms with Gasteiger partial charge in [0.2, 0.25) is 0 Å². The summed E-state index contributed by atoms with van der Waals surface area (Å²) >= 11 is 0. The summed E-state index contributed by atoms with van der Waals surface area (Å²) in [4.78, 5) is 13.0. The number of methoxy groups -OCH3 is 1. The Morgan fingerprint density at radius 1 is 1.47 bits per heavy atom. The van der Waals surface area contributed by atoms with Crippen molar-refractivity contribution in [1.29, 1.82) is 0 Å². The van der Waals surface area contributed by atoms with Gasteiger partial charge >= 0.3 is 5.97 Å². The molecule has 1 atom stereocenters. The molecule has 0 fully saturated rings. The minimum absolute atomic E-state index is 0.366. The molecule has 0 aliphatic rings. The summed E-state index contributed by atoms with van der Waals surface area (Å²) in [5, 5.41) is 11.9. The van der Waals surface area contributed by atoms with Gasteiger partial charge in [-0.1, -0.05) is 6.07 Å². The van der Waals surface area contributed by atoms with Gasteiger partial charge in [-0.25, -0.2) is 0 Å². The molecule has 0 bridgehead atoms. The average Bonchev–Trinajstić information content (AvgIpc) is 2.34. The number of rotatable bonds is 6. The summed E-state index contributed by atoms with van der Waals surface area (Å²) in [6.07, 6.45) is 0. The van der Waals surface area contributed by atoms with Crippen molar-refractivity contribution in [2.75, 3.05) is 32.6 Å². The average molecular weight is 266 g/mol. The molecule has 0 aromatic heterocycles. The lowest BCUT2D eigenvalue weighted by atomic mass is 10.1. The van der Waals surface area contributed by atoms with Crippen molar-refractivity contribution in [2.24, 2.45) is 0 Å². The lowest BCUT2D eigenvalue weighted by Gasteiger charge is -2.26. The van der Waals surface area contributed by atoms with Gasteiger partial charge < -0.3 is 20.1 Å². The molecule has 0 saturated heterocycles. The molecule has 0 aliphatic heterocycles. The maximum atomic E-state index is 11.1. The number of hydrogen-bond acceptors (Lipinski definition) is 4. The number of nitrogens with zero attached hydrogens (tertiary/aromatic N) is 1. The van der Waals surface area contributed by atoms with E-state index in [1.807, 2.05) is 37.9 Å². The Balaban J connectivity index is 3.04. The maximum absolute atomic E-state index is 11.1. The zero-order valence-corrected chi connectivity index (χ0v) is 12.2. The second-order valence-corrected chi connectivity index (χ2v) is 4.69. The van der Waals surface area contributed by atoms with Gasteiger partial charge in [0.1, 0.15) is 11.8 Å². The van der Waals surface area contributed by atoms with Crippen LogP contribution in [0, 0.1) is 13.8 Å². The van der Waals surface area contributed by atoms with Crippen LogP contribution in [0.1, 0.15) is 11.1 Å². The van der Waals surface area contributed by atoms with E-state index in [0.29, 0.717) is 6.54 Å². The van der Waals surface area contributed by atoms with Gasteiger partial charge in [0.05, 0.1) is 12.8 Å². The van der Waals surface area contributed by atoms with Gasteiger partial charge in [0.25, 0.3) is 0 Å². The maximum Gasteiger partial charge on any atom is 0.322 e. The Labute approximate surface area is 114 Å². The highest BCUT2D eigenvalue weighted by atomic mass is 16.5. The number of carboxylic acid groups (broad SMARTS) is 1. The third kappa shape index (κ3) is 3.61. The Morgan fingerprint density at radius 2 is 2.11 bits per heavy atom. The molecule has 1 aromatic rings. The molecule has 5 nitrogen and oxygen atoms in total. The fourth-order valence-corrected chi connectivity index (χ4v) is 2.15. The van der Waals surface area contributed by atoms with E-state index in [9.17, 15) is 4.79 Å². The third-order valence-electron chi connectivity index (χ3n) is 3.12. The largest absolute Gasteiger partial charge is 0.494 e. The molecular weight excluding hydrogens is 244 g/mol. The summed E-state index contributed by atoms with van der Waals surface area (Å²) in [7, 11) is 5.14. The van der Waals surface area contributed by atoms with Crippen LogP contribution in [0.2, 0.25) is 0 Å². The van der Waals surface area contributed by atoms with Gasteiger partial charge in [-0.3, -0.25) is 4.79 Å². The number of carboxylic acids is 1. The molecule has 5 heteroatoms. The summed E-state index contributed by atoms with van der Waals surface area (Å²) in [5.41, 5.74) is 3.07. The highest BCUT2D eigenvalue weighted by Crippen LogP contribution is 2.32. The molecule has 1 aromatic carbocycles. The Morgan fingerprint density at radius 3 is 2.58 bits per heavy atom. The molecule has 0 aliphatic carbocycles. The van der Waals surface area contributed by atoms with Crippen LogP contribution < -0.4 is 15.0 Å². The molecule has 0 amide bonds. The SMILES string of the molecule is CNC(CN(C)c1cc(C)cc(C)c1OC)C(=O)O. The van der Waals surface area contributed by atoms with Gasteiger partial charge in [-0.2, -0.15) is 0 Å². The summed E-state index contributed by atoms with van der Waals surface area (Å²) in [6.45, 7) is 4.36. The number of carbonyl (C=O) groups is 1. The first kappa shape index (κ1) is 15.3. The molecule has 0 radical (unpaired) electrons. The second kappa shape index (κ2) is 6.43. The Bertz CT molecular complexity index is 460. The van der Waals surface area contributed by atoms with E-state index in [4.69, 9.17) is 9.84 Å². The number of ether oxygens (including phenoxy) is 1. The number of nitrogens with one attached hydrogen (secondary N) is 1. The van der Waals surface area contributed by atoms with Crippen LogP contribution in [-0.2, 0) is 4.79 Å². The summed E-state index contributed by atoms with van der Waals surface area (Å²) in [5.74, 6) is -0.0777. The van der Waals surface area contributed by atoms with Crippen LogP contribution in [0.25, 0.3) is 0 Å². The molecule has 0 heterocycles. The standard InChI is InChI=1S/C14H22N2O3/c1-9-6-10(2)13(19-5)12(7-9)16(4)8-11(15-3)14(17)18/h6-7,11,15H,8H2,1-5H3,(H,17,18). The Hall–Kier alpha value is -1.75. The Kier molecular flexibility index (Phi) is 5.18. The number of aliphatic carboxylic acids is 1. The number of hydrogen-bond donors (Lipinski definition) is 2. The normalized spacial score (nSPS) is 12.1. The third-order valence-corrected chi connectivity index (χ3v) is 3.12. The minimum atomic E-state index is -0.863. The lowest BCUT2D eigenvalue weighted by molar-refractivity contribution is -0.139. The minimum Gasteiger partial charge on any atom is -0.494 e. The number of anilines is 1. The first-order chi connectivity index (χ1) is 8.90. The number of benzene rings is 1. The van der Waals surface area contributed by atoms with Crippen molar-refractivity contribution in [3.63, 3.8) is 0 Å². The van der Waals surface area contributed by atoms with Crippen LogP contribution in [-0.4, -0.2) is 44.9 Å². The molecule has 19 heavy (non-hydrogen) atoms. The van der Waals surface area contributed by atoms with Crippen LogP contribution in [0.3, 0.4) is 0 Å². The molecule has 106 valence electrons. The summed E-state index contributed by atoms with van der Waals surface area (Å²) in [6, 6.07) is 3.43. The zero-order chi connectivity index (χ0) is 14.6. The lowest BCUT2D eigenvalue weighted by Crippen LogP contribution is -2.43. The zero-order valence-electron chi connectivity index (χ0n) is 12.2. The predicted molar refractivity (Wildman–Crippen MR) is 76.2 cm³/mol. The topological polar surface area (TPSA) is 61.8 Å². The van der Waals surface area contributed by atoms with Crippen molar-refractivity contribution in [3.05, 3.63) is 23.3 Å². The predicted octanol–water partition coefficient (Wildman–Crippen LogP) is 1.42. The van der Waals surface area contributed by atoms with Gasteiger partial charge in [0, 0.05) is 13.6 Å². The van der Waals surface area contributed by atoms with Gasteiger partial charge in [-0.15, -0.1) is 0 Å². The monoisotopic (exact) mass is 266 g/mol. The highest BCUT2D eigenvalue weighted by Gasteiger charge is 2.20. The van der Waals surface area contributed by atoms with Crippen molar-refractivity contribution in [1.82, 2.24) is 5.32 Å². The van der Waals surface area contributed by atoms with Crippen molar-refractivity contribution < 1.29 is 14.6 Å². The first-order valence-electron chi connectivity index (χ1n) is 6.17. The van der Waals surface area contributed by atoms with Crippen molar-refractivity contribution in [2.45, 2.75) is 19.9 Å². The van der Waals surface area contributed by atoms with Crippen LogP contribution in [0.15, 0.2) is 12.1 Å². The van der Waals surface area contributed by atoms with E-state index in [1.54, 1.807) is 14.2 Å². The van der Waals surface area contributed by atoms with Crippen LogP contribution in [0.5, 0.6) is 5.75 Å². The van der Waals surface area contributed by atoms with Gasteiger partial charge in [0.15, 0.2) is 0 Å². The number of likely N-dealkylation sites (N-methyl/N-ethyl adjacent to an activating group) is 2. The first-order valence-corrected chi connectivity index (χ1v) is 6.17. The molecule has 1 unspecified atom stereocenters. The summed E-state index contributed by atoms with van der Waals surface area (Å²) < 4.78 is 5.42. The van der Waals surface area contributed by atoms with Crippen LogP contribution in [0.4, 0.5) is 5.69 Å². The number of aryl methyl sites for hydroxylation is 2. The fraction of sp³-hybridized carbons (Fsp3) is 0.500. The molecule has 0 spiro atoms. The van der Waals surface area contributed by atoms with E-state index in [-0.39, 0.29) is 0 Å². The smallest absolute Gasteiger partial charge is 0.322 e. The van der Waals surface area contributed by atoms with E-state index < -0.39 is 12.0 Å². The molecule has 0 saturated carbocycles. The van der Waals surface area contributed by atoms with Crippen molar-refractivity contribution >= 4 is 11.7 Å². The highest BCUT2D eigenvalue weighted by molar-refractivity contribution is 5.75. The van der Waals surface area contributed by atoms with E-state index in [0.717, 1.165) is 22.6 Å². The second-order valence-electron chi connectivity index (χ2n) is 4.69. The fourth-order valence-electron chi connectivity index (χ4n) is 2.15. The molecule has 1 rings (SSSR count).